The van der Waals surface area contributed by atoms with E-state index in [4.69, 9.17) is 24.7 Å². The highest BCUT2D eigenvalue weighted by Crippen LogP contribution is 2.29. The molecule has 0 aromatic rings. The number of ether oxygens (including phenoxy) is 4. The molecule has 0 radical (unpaired) electrons. The smallest absolute Gasteiger partial charge is 0.249 e. The molecule has 2 heterocycles. The number of hydrogen-bond acceptors (Lipinski definition) is 10. The summed E-state index contributed by atoms with van der Waals surface area (Å²) in [5.74, 6) is -1.37. The van der Waals surface area contributed by atoms with Gasteiger partial charge in [-0.25, -0.2) is 0 Å². The van der Waals surface area contributed by atoms with Crippen molar-refractivity contribution < 1.29 is 49.0 Å². The van der Waals surface area contributed by atoms with E-state index in [0.717, 1.165) is 0 Å². The molecule has 2 aliphatic rings. The van der Waals surface area contributed by atoms with Gasteiger partial charge in [0.25, 0.3) is 0 Å². The predicted octanol–water partition coefficient (Wildman–Crippen LogP) is -4.04. The fourth-order valence-electron chi connectivity index (χ4n) is 3.48. The van der Waals surface area contributed by atoms with Gasteiger partial charge in [0.15, 0.2) is 12.4 Å². The van der Waals surface area contributed by atoms with E-state index in [0.29, 0.717) is 0 Å². The van der Waals surface area contributed by atoms with Gasteiger partial charge in [0.2, 0.25) is 11.8 Å². The number of methoxy groups -OCH3 is 1. The lowest BCUT2D eigenvalue weighted by atomic mass is 9.92. The summed E-state index contributed by atoms with van der Waals surface area (Å²) in [6.45, 7) is 2.34. The number of carbonyl (C=O) groups is 2. The Morgan fingerprint density at radius 3 is 2.25 bits per heavy atom. The van der Waals surface area contributed by atoms with E-state index in [2.05, 4.69) is 5.32 Å². The van der Waals surface area contributed by atoms with Gasteiger partial charge in [-0.3, -0.25) is 9.59 Å². The summed E-state index contributed by atoms with van der Waals surface area (Å²) < 4.78 is 21.5. The minimum atomic E-state index is -1.64. The molecule has 0 saturated carbocycles. The van der Waals surface area contributed by atoms with Gasteiger partial charge in [0.1, 0.15) is 36.6 Å². The summed E-state index contributed by atoms with van der Waals surface area (Å²) in [5.41, 5.74) is 5.27. The molecule has 7 N–H and O–H groups in total. The van der Waals surface area contributed by atoms with Crippen molar-refractivity contribution in [1.29, 1.82) is 0 Å². The molecule has 12 heteroatoms. The highest BCUT2D eigenvalue weighted by molar-refractivity contribution is 5.79. The minimum Gasteiger partial charge on any atom is -0.394 e. The van der Waals surface area contributed by atoms with Crippen LogP contribution < -0.4 is 11.1 Å². The van der Waals surface area contributed by atoms with Crippen LogP contribution in [0.5, 0.6) is 0 Å². The Labute approximate surface area is 161 Å². The topological polar surface area (TPSA) is 190 Å². The van der Waals surface area contributed by atoms with Gasteiger partial charge in [-0.15, -0.1) is 0 Å². The van der Waals surface area contributed by atoms with Crippen LogP contribution in [0.2, 0.25) is 0 Å². The molecule has 28 heavy (non-hydrogen) atoms. The molecule has 162 valence electrons. The molecular weight excluding hydrogens is 380 g/mol. The molecular formula is C16H28N2O10. The Kier molecular flexibility index (Phi) is 7.70. The maximum atomic E-state index is 11.6. The molecule has 2 saturated heterocycles. The molecule has 2 rings (SSSR count). The summed E-state index contributed by atoms with van der Waals surface area (Å²) in [7, 11) is 1.21. The van der Waals surface area contributed by atoms with E-state index in [1.54, 1.807) is 6.92 Å². The largest absolute Gasteiger partial charge is 0.394 e. The third-order valence-corrected chi connectivity index (χ3v) is 4.90. The summed E-state index contributed by atoms with van der Waals surface area (Å²) in [6, 6.07) is -0.865. The lowest BCUT2D eigenvalue weighted by molar-refractivity contribution is -0.325. The van der Waals surface area contributed by atoms with Gasteiger partial charge >= 0.3 is 0 Å². The fraction of sp³-hybridized carbons (Fsp3) is 0.875. The Morgan fingerprint density at radius 1 is 1.11 bits per heavy atom. The van der Waals surface area contributed by atoms with Gasteiger partial charge < -0.3 is 50.4 Å². The molecule has 0 aliphatic carbocycles. The third kappa shape index (κ3) is 4.60. The molecule has 10 unspecified atom stereocenters. The van der Waals surface area contributed by atoms with Crippen molar-refractivity contribution in [2.45, 2.75) is 75.0 Å². The van der Waals surface area contributed by atoms with Gasteiger partial charge in [0, 0.05) is 14.0 Å². The Balaban J connectivity index is 2.26. The first-order chi connectivity index (χ1) is 13.1. The highest BCUT2D eigenvalue weighted by atomic mass is 16.7. The summed E-state index contributed by atoms with van der Waals surface area (Å²) in [5, 5.41) is 43.1. The molecule has 0 aromatic carbocycles. The second kappa shape index (κ2) is 9.41. The van der Waals surface area contributed by atoms with E-state index >= 15 is 0 Å². The monoisotopic (exact) mass is 408 g/mol. The van der Waals surface area contributed by atoms with Crippen LogP contribution in [0.3, 0.4) is 0 Å². The van der Waals surface area contributed by atoms with Crippen molar-refractivity contribution >= 4 is 11.8 Å². The van der Waals surface area contributed by atoms with E-state index in [1.165, 1.54) is 14.0 Å². The molecule has 0 spiro atoms. The zero-order valence-corrected chi connectivity index (χ0v) is 15.8. The number of amides is 2. The summed E-state index contributed by atoms with van der Waals surface area (Å²) in [6.07, 6.45) is -11.7. The van der Waals surface area contributed by atoms with E-state index < -0.39 is 79.6 Å². The molecule has 2 amide bonds. The van der Waals surface area contributed by atoms with E-state index in [-0.39, 0.29) is 0 Å². The average molecular weight is 408 g/mol. The van der Waals surface area contributed by atoms with Gasteiger partial charge in [-0.05, 0) is 6.92 Å². The van der Waals surface area contributed by atoms with Crippen molar-refractivity contribution in [3.8, 4) is 0 Å². The standard InChI is InChI=1S/C16H28N2O10/c1-5-8(18-6(2)20)12(9(21)7(4-19)26-5)27-16-11(23)10(22)13(25-3)14(28-16)15(17)24/h5,7-14,16,19,21-23H,4H2,1-3H3,(H2,17,24)(H,18,20). The zero-order valence-electron chi connectivity index (χ0n) is 15.8. The van der Waals surface area contributed by atoms with Crippen molar-refractivity contribution in [3.63, 3.8) is 0 Å². The second-order valence-corrected chi connectivity index (χ2v) is 6.89. The third-order valence-electron chi connectivity index (χ3n) is 4.90. The maximum absolute atomic E-state index is 11.6. The van der Waals surface area contributed by atoms with Crippen LogP contribution in [-0.4, -0.2) is 107 Å². The molecule has 10 atom stereocenters. The molecule has 0 aromatic heterocycles. The van der Waals surface area contributed by atoms with Gasteiger partial charge in [-0.2, -0.15) is 0 Å². The first-order valence-corrected chi connectivity index (χ1v) is 8.83. The normalized spacial score (nSPS) is 44.1. The number of nitrogens with one attached hydrogen (secondary N) is 1. The van der Waals surface area contributed by atoms with Crippen molar-refractivity contribution in [3.05, 3.63) is 0 Å². The van der Waals surface area contributed by atoms with Gasteiger partial charge in [-0.1, -0.05) is 0 Å². The van der Waals surface area contributed by atoms with Crippen LogP contribution in [0.1, 0.15) is 13.8 Å². The molecule has 12 nitrogen and oxygen atoms in total. The second-order valence-electron chi connectivity index (χ2n) is 6.89. The molecule has 2 fully saturated rings. The minimum absolute atomic E-state index is 0.427. The van der Waals surface area contributed by atoms with Crippen LogP contribution >= 0.6 is 0 Å². The van der Waals surface area contributed by atoms with Crippen LogP contribution in [0.25, 0.3) is 0 Å². The van der Waals surface area contributed by atoms with Crippen molar-refractivity contribution in [2.75, 3.05) is 13.7 Å². The van der Waals surface area contributed by atoms with Crippen LogP contribution in [0, 0.1) is 0 Å². The Bertz CT molecular complexity index is 564. The maximum Gasteiger partial charge on any atom is 0.249 e. The molecule has 0 bridgehead atoms. The number of carbonyl (C=O) groups excluding carboxylic acids is 2. The number of aliphatic hydroxyl groups excluding tert-OH is 4. The first-order valence-electron chi connectivity index (χ1n) is 8.83. The number of hydrogen-bond donors (Lipinski definition) is 6. The van der Waals surface area contributed by atoms with Crippen molar-refractivity contribution in [2.24, 2.45) is 5.73 Å². The first kappa shape index (κ1) is 22.9. The summed E-state index contributed by atoms with van der Waals surface area (Å²) in [4.78, 5) is 23.2. The van der Waals surface area contributed by atoms with E-state index in [9.17, 15) is 30.0 Å². The quantitative estimate of drug-likeness (QED) is 0.252. The summed E-state index contributed by atoms with van der Waals surface area (Å²) >= 11 is 0. The number of rotatable bonds is 6. The van der Waals surface area contributed by atoms with Crippen LogP contribution in [0.4, 0.5) is 0 Å². The predicted molar refractivity (Wildman–Crippen MR) is 90.6 cm³/mol. The lowest BCUT2D eigenvalue weighted by Crippen LogP contribution is -2.67. The zero-order chi connectivity index (χ0) is 21.2. The highest BCUT2D eigenvalue weighted by Gasteiger charge is 2.51. The fourth-order valence-corrected chi connectivity index (χ4v) is 3.48. The Hall–Kier alpha value is -1.38. The van der Waals surface area contributed by atoms with Crippen LogP contribution in [0.15, 0.2) is 0 Å². The van der Waals surface area contributed by atoms with Gasteiger partial charge in [0.05, 0.1) is 18.8 Å². The number of primary amides is 1. The van der Waals surface area contributed by atoms with E-state index in [1.807, 2.05) is 0 Å². The Morgan fingerprint density at radius 2 is 1.75 bits per heavy atom. The lowest BCUT2D eigenvalue weighted by Gasteiger charge is -2.47. The van der Waals surface area contributed by atoms with Crippen molar-refractivity contribution in [1.82, 2.24) is 5.32 Å². The average Bonchev–Trinajstić information content (AvgIpc) is 2.63. The number of aliphatic hydroxyl groups is 4. The SMILES string of the molecule is COC1C(C(N)=O)OC(OC2C(O)C(CO)OC(C)C2NC(C)=O)C(O)C1O. The number of nitrogens with two attached hydrogens (primary N) is 1. The molecule has 2 aliphatic heterocycles. The van der Waals surface area contributed by atoms with Crippen LogP contribution in [-0.2, 0) is 28.5 Å².